The van der Waals surface area contributed by atoms with Gasteiger partial charge in [-0.05, 0) is 49.2 Å². The van der Waals surface area contributed by atoms with Crippen LogP contribution in [0.15, 0.2) is 48.5 Å². The zero-order chi connectivity index (χ0) is 13.7. The van der Waals surface area contributed by atoms with E-state index in [-0.39, 0.29) is 5.91 Å². The third kappa shape index (κ3) is 3.42. The van der Waals surface area contributed by atoms with Crippen LogP contribution in [0.25, 0.3) is 0 Å². The first-order valence-corrected chi connectivity index (χ1v) is 6.36. The van der Waals surface area contributed by atoms with Crippen molar-refractivity contribution in [2.75, 3.05) is 11.9 Å². The Morgan fingerprint density at radius 2 is 1.79 bits per heavy atom. The molecule has 0 saturated heterocycles. The first-order valence-electron chi connectivity index (χ1n) is 6.36. The van der Waals surface area contributed by atoms with Crippen molar-refractivity contribution >= 4 is 11.6 Å². The van der Waals surface area contributed by atoms with Gasteiger partial charge in [-0.1, -0.05) is 30.3 Å². The molecule has 3 N–H and O–H groups in total. The number of aryl methyl sites for hydroxylation is 1. The molecule has 3 heteroatoms. The first kappa shape index (κ1) is 13.3. The number of anilines is 1. The molecule has 0 bridgehead atoms. The molecule has 3 nitrogen and oxygen atoms in total. The Bertz CT molecular complexity index is 561. The lowest BCUT2D eigenvalue weighted by Crippen LogP contribution is -2.12. The smallest absolute Gasteiger partial charge is 0.255 e. The Hall–Kier alpha value is -2.13. The fourth-order valence-corrected chi connectivity index (χ4v) is 1.90. The van der Waals surface area contributed by atoms with Crippen molar-refractivity contribution < 1.29 is 4.79 Å². The summed E-state index contributed by atoms with van der Waals surface area (Å²) in [5.74, 6) is -0.0893. The van der Waals surface area contributed by atoms with Crippen LogP contribution < -0.4 is 11.1 Å². The number of rotatable bonds is 4. The highest BCUT2D eigenvalue weighted by atomic mass is 16.1. The summed E-state index contributed by atoms with van der Waals surface area (Å²) >= 11 is 0. The van der Waals surface area contributed by atoms with Crippen LogP contribution in [-0.4, -0.2) is 12.5 Å². The van der Waals surface area contributed by atoms with Gasteiger partial charge in [0.1, 0.15) is 0 Å². The van der Waals surface area contributed by atoms with E-state index in [4.69, 9.17) is 5.73 Å². The van der Waals surface area contributed by atoms with Gasteiger partial charge in [-0.2, -0.15) is 0 Å². The Kier molecular flexibility index (Phi) is 4.31. The highest BCUT2D eigenvalue weighted by Crippen LogP contribution is 2.15. The zero-order valence-electron chi connectivity index (χ0n) is 11.0. The van der Waals surface area contributed by atoms with E-state index in [2.05, 4.69) is 5.32 Å². The molecule has 0 atom stereocenters. The monoisotopic (exact) mass is 254 g/mol. The van der Waals surface area contributed by atoms with E-state index in [9.17, 15) is 4.79 Å². The van der Waals surface area contributed by atoms with E-state index in [0.29, 0.717) is 12.1 Å². The van der Waals surface area contributed by atoms with E-state index < -0.39 is 0 Å². The van der Waals surface area contributed by atoms with Crippen molar-refractivity contribution in [2.24, 2.45) is 5.73 Å². The second-order valence-electron chi connectivity index (χ2n) is 4.50. The topological polar surface area (TPSA) is 55.1 Å². The SMILES string of the molecule is Cc1ccccc1NC(=O)c1ccc(CCN)cc1. The predicted molar refractivity (Wildman–Crippen MR) is 78.3 cm³/mol. The van der Waals surface area contributed by atoms with Crippen LogP contribution in [0.5, 0.6) is 0 Å². The van der Waals surface area contributed by atoms with Crippen LogP contribution in [0, 0.1) is 6.92 Å². The van der Waals surface area contributed by atoms with Crippen LogP contribution in [0.4, 0.5) is 5.69 Å². The number of nitrogens with two attached hydrogens (primary N) is 1. The molecule has 0 aliphatic heterocycles. The number of nitrogens with one attached hydrogen (secondary N) is 1. The van der Waals surface area contributed by atoms with Crippen LogP contribution in [-0.2, 0) is 6.42 Å². The van der Waals surface area contributed by atoms with E-state index >= 15 is 0 Å². The second-order valence-corrected chi connectivity index (χ2v) is 4.50. The summed E-state index contributed by atoms with van der Waals surface area (Å²) in [5, 5.41) is 2.91. The highest BCUT2D eigenvalue weighted by Gasteiger charge is 2.07. The van der Waals surface area contributed by atoms with Crippen molar-refractivity contribution in [3.05, 3.63) is 65.2 Å². The molecule has 0 fully saturated rings. The number of benzene rings is 2. The number of carbonyl (C=O) groups is 1. The lowest BCUT2D eigenvalue weighted by Gasteiger charge is -2.08. The summed E-state index contributed by atoms with van der Waals surface area (Å²) in [6, 6.07) is 15.3. The molecular formula is C16H18N2O. The zero-order valence-corrected chi connectivity index (χ0v) is 11.0. The molecule has 98 valence electrons. The van der Waals surface area contributed by atoms with Gasteiger partial charge >= 0.3 is 0 Å². The normalized spacial score (nSPS) is 10.2. The maximum atomic E-state index is 12.1. The van der Waals surface area contributed by atoms with Gasteiger partial charge in [-0.3, -0.25) is 4.79 Å². The van der Waals surface area contributed by atoms with E-state index in [1.807, 2.05) is 55.5 Å². The number of hydrogen-bond donors (Lipinski definition) is 2. The van der Waals surface area contributed by atoms with E-state index in [1.54, 1.807) is 0 Å². The number of para-hydroxylation sites is 1. The van der Waals surface area contributed by atoms with Gasteiger partial charge in [0.05, 0.1) is 0 Å². The van der Waals surface area contributed by atoms with Gasteiger partial charge in [0.25, 0.3) is 5.91 Å². The molecule has 19 heavy (non-hydrogen) atoms. The van der Waals surface area contributed by atoms with Crippen molar-refractivity contribution in [2.45, 2.75) is 13.3 Å². The third-order valence-corrected chi connectivity index (χ3v) is 3.04. The number of amides is 1. The predicted octanol–water partition coefficient (Wildman–Crippen LogP) is 2.75. The molecule has 0 saturated carbocycles. The molecule has 0 aliphatic carbocycles. The van der Waals surface area contributed by atoms with Gasteiger partial charge in [0, 0.05) is 11.3 Å². The molecule has 2 aromatic rings. The summed E-state index contributed by atoms with van der Waals surface area (Å²) in [5.41, 5.74) is 9.20. The number of hydrogen-bond acceptors (Lipinski definition) is 2. The largest absolute Gasteiger partial charge is 0.330 e. The summed E-state index contributed by atoms with van der Waals surface area (Å²) in [6.45, 7) is 2.59. The fraction of sp³-hybridized carbons (Fsp3) is 0.188. The third-order valence-electron chi connectivity index (χ3n) is 3.04. The summed E-state index contributed by atoms with van der Waals surface area (Å²) < 4.78 is 0. The van der Waals surface area contributed by atoms with Crippen molar-refractivity contribution in [1.82, 2.24) is 0 Å². The minimum absolute atomic E-state index is 0.0893. The van der Waals surface area contributed by atoms with Gasteiger partial charge in [0.15, 0.2) is 0 Å². The lowest BCUT2D eigenvalue weighted by molar-refractivity contribution is 0.102. The Morgan fingerprint density at radius 1 is 1.11 bits per heavy atom. The van der Waals surface area contributed by atoms with Crippen LogP contribution in [0.3, 0.4) is 0 Å². The quantitative estimate of drug-likeness (QED) is 0.881. The summed E-state index contributed by atoms with van der Waals surface area (Å²) in [4.78, 5) is 12.1. The summed E-state index contributed by atoms with van der Waals surface area (Å²) in [6.07, 6.45) is 0.833. The Morgan fingerprint density at radius 3 is 2.42 bits per heavy atom. The molecule has 0 aromatic heterocycles. The highest BCUT2D eigenvalue weighted by molar-refractivity contribution is 6.04. The van der Waals surface area contributed by atoms with E-state index in [1.165, 1.54) is 0 Å². The molecule has 0 radical (unpaired) electrons. The maximum Gasteiger partial charge on any atom is 0.255 e. The second kappa shape index (κ2) is 6.16. The van der Waals surface area contributed by atoms with Gasteiger partial charge < -0.3 is 11.1 Å². The summed E-state index contributed by atoms with van der Waals surface area (Å²) in [7, 11) is 0. The molecule has 2 aromatic carbocycles. The van der Waals surface area contributed by atoms with Crippen molar-refractivity contribution in [3.63, 3.8) is 0 Å². The molecule has 0 spiro atoms. The molecule has 0 aliphatic rings. The van der Waals surface area contributed by atoms with Crippen molar-refractivity contribution in [1.29, 1.82) is 0 Å². The molecule has 1 amide bonds. The lowest BCUT2D eigenvalue weighted by atomic mass is 10.1. The van der Waals surface area contributed by atoms with Gasteiger partial charge in [-0.15, -0.1) is 0 Å². The van der Waals surface area contributed by atoms with Crippen molar-refractivity contribution in [3.8, 4) is 0 Å². The minimum Gasteiger partial charge on any atom is -0.330 e. The number of carbonyl (C=O) groups excluding carboxylic acids is 1. The minimum atomic E-state index is -0.0893. The van der Waals surface area contributed by atoms with Crippen LogP contribution in [0.1, 0.15) is 21.5 Å². The molecule has 0 unspecified atom stereocenters. The molecule has 0 heterocycles. The molecular weight excluding hydrogens is 236 g/mol. The van der Waals surface area contributed by atoms with Gasteiger partial charge in [0.2, 0.25) is 0 Å². The Labute approximate surface area is 113 Å². The first-order chi connectivity index (χ1) is 9.20. The fourth-order valence-electron chi connectivity index (χ4n) is 1.90. The Balaban J connectivity index is 2.10. The average Bonchev–Trinajstić information content (AvgIpc) is 2.42. The van der Waals surface area contributed by atoms with Crippen LogP contribution in [0.2, 0.25) is 0 Å². The average molecular weight is 254 g/mol. The molecule has 2 rings (SSSR count). The standard InChI is InChI=1S/C16H18N2O/c1-12-4-2-3-5-15(12)18-16(19)14-8-6-13(7-9-14)10-11-17/h2-9H,10-11,17H2,1H3,(H,18,19). The van der Waals surface area contributed by atoms with E-state index in [0.717, 1.165) is 23.2 Å². The van der Waals surface area contributed by atoms with Crippen LogP contribution >= 0.6 is 0 Å². The van der Waals surface area contributed by atoms with Gasteiger partial charge in [-0.25, -0.2) is 0 Å². The maximum absolute atomic E-state index is 12.1.